The van der Waals surface area contributed by atoms with Gasteiger partial charge in [0.1, 0.15) is 0 Å². The van der Waals surface area contributed by atoms with Crippen LogP contribution in [0.2, 0.25) is 0 Å². The summed E-state index contributed by atoms with van der Waals surface area (Å²) in [5, 5.41) is 10.2. The Hall–Kier alpha value is -1.57. The average Bonchev–Trinajstić information content (AvgIpc) is 2.51. The van der Waals surface area contributed by atoms with Gasteiger partial charge in [0.25, 0.3) is 0 Å². The van der Waals surface area contributed by atoms with E-state index < -0.39 is 0 Å². The number of hydrogen-bond donors (Lipinski definition) is 0. The van der Waals surface area contributed by atoms with Gasteiger partial charge in [-0.2, -0.15) is 0 Å². The van der Waals surface area contributed by atoms with Crippen molar-refractivity contribution in [2.75, 3.05) is 7.05 Å². The predicted molar refractivity (Wildman–Crippen MR) is 110 cm³/mol. The molecule has 0 bridgehead atoms. The zero-order valence-corrected chi connectivity index (χ0v) is 16.7. The highest BCUT2D eigenvalue weighted by Crippen LogP contribution is 1.97. The molecule has 0 atom stereocenters. The summed E-state index contributed by atoms with van der Waals surface area (Å²) in [6.45, 7) is 23.6. The predicted octanol–water partition coefficient (Wildman–Crippen LogP) is 6.50. The van der Waals surface area contributed by atoms with Crippen LogP contribution >= 0.6 is 0 Å². The summed E-state index contributed by atoms with van der Waals surface area (Å²) in [7, 11) is 1.53. The first-order chi connectivity index (χ1) is 11.0. The molecule has 0 fully saturated rings. The Morgan fingerprint density at radius 2 is 1.26 bits per heavy atom. The summed E-state index contributed by atoms with van der Waals surface area (Å²) < 4.78 is 0. The molecule has 0 aromatic carbocycles. The maximum Gasteiger partial charge on any atom is 0.0265 e. The minimum Gasteiger partial charge on any atom is -0.862 e. The van der Waals surface area contributed by atoms with Crippen LogP contribution in [0, 0.1) is 0 Å². The average molecular weight is 325 g/mol. The molecular weight excluding hydrogens is 282 g/mol. The SMILES string of the molecule is C=CC.C=CC.C=CC.C=CCCCCC.CCCC([O-])=NC. The van der Waals surface area contributed by atoms with Crippen molar-refractivity contribution in [1.29, 1.82) is 0 Å². The molecule has 2 nitrogen and oxygen atoms in total. The van der Waals surface area contributed by atoms with E-state index >= 15 is 0 Å². The van der Waals surface area contributed by atoms with Crippen molar-refractivity contribution < 1.29 is 5.11 Å². The number of allylic oxidation sites excluding steroid dienone is 4. The van der Waals surface area contributed by atoms with Gasteiger partial charge in [-0.15, -0.1) is 26.3 Å². The molecule has 138 valence electrons. The third kappa shape index (κ3) is 126. The monoisotopic (exact) mass is 324 g/mol. The molecule has 0 saturated carbocycles. The van der Waals surface area contributed by atoms with Gasteiger partial charge in [-0.25, -0.2) is 0 Å². The molecule has 2 heteroatoms. The van der Waals surface area contributed by atoms with Gasteiger partial charge in [-0.05, 0) is 45.9 Å². The Bertz CT molecular complexity index is 228. The van der Waals surface area contributed by atoms with Crippen LogP contribution in [0.5, 0.6) is 0 Å². The molecule has 23 heavy (non-hydrogen) atoms. The van der Waals surface area contributed by atoms with E-state index in [1.165, 1.54) is 32.7 Å². The Morgan fingerprint density at radius 1 is 0.870 bits per heavy atom. The molecule has 0 aliphatic carbocycles. The molecule has 0 amide bonds. The molecule has 0 aliphatic rings. The second-order valence-electron chi connectivity index (χ2n) is 4.38. The van der Waals surface area contributed by atoms with Crippen LogP contribution in [0.15, 0.2) is 55.6 Å². The minimum absolute atomic E-state index is 0.00231. The van der Waals surface area contributed by atoms with Crippen LogP contribution in [0.1, 0.15) is 73.1 Å². The number of nitrogens with zero attached hydrogens (tertiary/aromatic N) is 1. The Labute approximate surface area is 147 Å². The third-order valence-corrected chi connectivity index (χ3v) is 1.73. The Kier molecular flexibility index (Phi) is 71.9. The summed E-state index contributed by atoms with van der Waals surface area (Å²) in [5.74, 6) is 0.00231. The van der Waals surface area contributed by atoms with E-state index in [0.29, 0.717) is 6.42 Å². The molecule has 0 rings (SSSR count). The highest BCUT2D eigenvalue weighted by atomic mass is 16.3. The fraction of sp³-hybridized carbons (Fsp3) is 0.571. The molecular formula is C21H42NO-. The molecule has 0 saturated heterocycles. The minimum atomic E-state index is 0.00231. The van der Waals surface area contributed by atoms with Crippen LogP contribution < -0.4 is 5.11 Å². The van der Waals surface area contributed by atoms with Crippen molar-refractivity contribution in [1.82, 2.24) is 0 Å². The quantitative estimate of drug-likeness (QED) is 0.237. The molecule has 0 aromatic heterocycles. The molecule has 0 heterocycles. The van der Waals surface area contributed by atoms with Crippen LogP contribution in [-0.2, 0) is 0 Å². The summed E-state index contributed by atoms with van der Waals surface area (Å²) in [6, 6.07) is 0. The zero-order chi connectivity index (χ0) is 19.4. The Balaban J connectivity index is -0.0000000630. The topological polar surface area (TPSA) is 35.4 Å². The van der Waals surface area contributed by atoms with Gasteiger partial charge in [0.2, 0.25) is 0 Å². The number of hydrogen-bond acceptors (Lipinski definition) is 2. The molecule has 0 aromatic rings. The van der Waals surface area contributed by atoms with Gasteiger partial charge in [-0.1, -0.05) is 57.4 Å². The third-order valence-electron chi connectivity index (χ3n) is 1.73. The summed E-state index contributed by atoms with van der Waals surface area (Å²) >= 11 is 0. The lowest BCUT2D eigenvalue weighted by Crippen LogP contribution is -2.15. The Morgan fingerprint density at radius 3 is 1.43 bits per heavy atom. The first-order valence-electron chi connectivity index (χ1n) is 8.42. The second kappa shape index (κ2) is 49.9. The van der Waals surface area contributed by atoms with Crippen LogP contribution in [0.4, 0.5) is 0 Å². The summed E-state index contributed by atoms with van der Waals surface area (Å²) in [5.41, 5.74) is 0. The van der Waals surface area contributed by atoms with Gasteiger partial charge in [0, 0.05) is 7.05 Å². The van der Waals surface area contributed by atoms with E-state index in [4.69, 9.17) is 0 Å². The summed E-state index contributed by atoms with van der Waals surface area (Å²) in [6.07, 6.45) is 13.9. The lowest BCUT2D eigenvalue weighted by Gasteiger charge is -2.04. The number of aliphatic imine (C=N–C) groups is 1. The van der Waals surface area contributed by atoms with Crippen molar-refractivity contribution >= 4 is 5.90 Å². The number of unbranched alkanes of at least 4 members (excludes halogenated alkanes) is 3. The van der Waals surface area contributed by atoms with E-state index in [2.05, 4.69) is 38.2 Å². The first-order valence-corrected chi connectivity index (χ1v) is 8.42. The maximum atomic E-state index is 10.2. The van der Waals surface area contributed by atoms with Crippen molar-refractivity contribution in [3.05, 3.63) is 50.6 Å². The van der Waals surface area contributed by atoms with Crippen LogP contribution in [0.3, 0.4) is 0 Å². The molecule has 0 radical (unpaired) electrons. The standard InChI is InChI=1S/C7H14.C5H11NO.3C3H6/c1-3-5-7-6-4-2;1-3-4-5(7)6-2;3*1-3-2/h3H,1,4-7H2,2H3;3-4H2,1-2H3,(H,6,7);3*3H,1H2,2H3/p-1. The van der Waals surface area contributed by atoms with E-state index in [1.807, 2.05) is 33.8 Å². The van der Waals surface area contributed by atoms with E-state index in [0.717, 1.165) is 6.42 Å². The fourth-order valence-electron chi connectivity index (χ4n) is 0.864. The highest BCUT2D eigenvalue weighted by molar-refractivity contribution is 5.70. The highest BCUT2D eigenvalue weighted by Gasteiger charge is 1.77. The van der Waals surface area contributed by atoms with Gasteiger partial charge >= 0.3 is 0 Å². The van der Waals surface area contributed by atoms with E-state index in [-0.39, 0.29) is 5.90 Å². The van der Waals surface area contributed by atoms with Crippen molar-refractivity contribution in [3.63, 3.8) is 0 Å². The normalized spacial score (nSPS) is 8.00. The maximum absolute atomic E-state index is 10.2. The van der Waals surface area contributed by atoms with Gasteiger partial charge in [0.15, 0.2) is 0 Å². The van der Waals surface area contributed by atoms with E-state index in [1.54, 1.807) is 18.2 Å². The van der Waals surface area contributed by atoms with Crippen molar-refractivity contribution in [3.8, 4) is 0 Å². The molecule has 0 unspecified atom stereocenters. The second-order valence-corrected chi connectivity index (χ2v) is 4.38. The summed E-state index contributed by atoms with van der Waals surface area (Å²) in [4.78, 5) is 3.44. The molecule has 0 N–H and O–H groups in total. The van der Waals surface area contributed by atoms with Gasteiger partial charge < -0.3 is 10.1 Å². The van der Waals surface area contributed by atoms with E-state index in [9.17, 15) is 5.11 Å². The van der Waals surface area contributed by atoms with Crippen molar-refractivity contribution in [2.45, 2.75) is 73.1 Å². The van der Waals surface area contributed by atoms with Crippen LogP contribution in [-0.4, -0.2) is 12.9 Å². The zero-order valence-electron chi connectivity index (χ0n) is 16.7. The van der Waals surface area contributed by atoms with Gasteiger partial charge in [0.05, 0.1) is 0 Å². The largest absolute Gasteiger partial charge is 0.862 e. The number of rotatable bonds is 6. The van der Waals surface area contributed by atoms with Crippen molar-refractivity contribution in [2.24, 2.45) is 4.99 Å². The molecule has 0 spiro atoms. The lowest BCUT2D eigenvalue weighted by atomic mass is 10.2. The lowest BCUT2D eigenvalue weighted by molar-refractivity contribution is -0.218. The smallest absolute Gasteiger partial charge is 0.0265 e. The van der Waals surface area contributed by atoms with Gasteiger partial charge in [-0.3, -0.25) is 0 Å². The molecule has 0 aliphatic heterocycles. The van der Waals surface area contributed by atoms with Crippen LogP contribution in [0.25, 0.3) is 0 Å². The first kappa shape index (κ1) is 33.1. The fourth-order valence-corrected chi connectivity index (χ4v) is 0.864.